The first-order valence-electron chi connectivity index (χ1n) is 11.6. The van der Waals surface area contributed by atoms with E-state index in [1.165, 1.54) is 11.8 Å². The van der Waals surface area contributed by atoms with E-state index in [0.29, 0.717) is 40.9 Å². The molecule has 3 rings (SSSR count). The van der Waals surface area contributed by atoms with Crippen LogP contribution in [-0.2, 0) is 4.79 Å². The molecular formula is C28H30N2O6. The summed E-state index contributed by atoms with van der Waals surface area (Å²) >= 11 is 0. The first kappa shape index (κ1) is 26.3. The van der Waals surface area contributed by atoms with Crippen LogP contribution in [0.5, 0.6) is 23.0 Å². The standard InChI is InChI=1S/C28H30N2O6/c1-5-34-26-16-20(6-15-25(26)36-28(32)22-9-11-23(33-4)12-10-22)17-29-30-27(31)18-35-24-13-7-21(8-14-24)19(2)3/h6-17,19H,5,18H2,1-4H3,(H,30,31)/b29-17+. The Morgan fingerprint density at radius 1 is 0.917 bits per heavy atom. The number of nitrogens with zero attached hydrogens (tertiary/aromatic N) is 1. The van der Waals surface area contributed by atoms with Gasteiger partial charge in [-0.15, -0.1) is 0 Å². The van der Waals surface area contributed by atoms with Crippen LogP contribution in [0.25, 0.3) is 0 Å². The topological polar surface area (TPSA) is 95.5 Å². The number of amides is 1. The van der Waals surface area contributed by atoms with Gasteiger partial charge in [0.05, 0.1) is 25.5 Å². The van der Waals surface area contributed by atoms with Gasteiger partial charge in [-0.1, -0.05) is 26.0 Å². The Bertz CT molecular complexity index is 1190. The molecule has 0 heterocycles. The zero-order valence-corrected chi connectivity index (χ0v) is 20.8. The lowest BCUT2D eigenvalue weighted by molar-refractivity contribution is -0.123. The predicted molar refractivity (Wildman–Crippen MR) is 137 cm³/mol. The zero-order chi connectivity index (χ0) is 25.9. The molecule has 3 aromatic rings. The summed E-state index contributed by atoms with van der Waals surface area (Å²) in [5.74, 6) is 1.41. The highest BCUT2D eigenvalue weighted by atomic mass is 16.6. The van der Waals surface area contributed by atoms with Gasteiger partial charge in [-0.25, -0.2) is 10.2 Å². The molecule has 0 radical (unpaired) electrons. The molecule has 188 valence electrons. The number of ether oxygens (including phenoxy) is 4. The molecule has 0 unspecified atom stereocenters. The molecule has 0 aliphatic heterocycles. The van der Waals surface area contributed by atoms with Crippen molar-refractivity contribution in [3.8, 4) is 23.0 Å². The van der Waals surface area contributed by atoms with Crippen LogP contribution in [0.2, 0.25) is 0 Å². The molecule has 3 aromatic carbocycles. The van der Waals surface area contributed by atoms with Crippen molar-refractivity contribution in [3.63, 3.8) is 0 Å². The fraction of sp³-hybridized carbons (Fsp3) is 0.250. The Morgan fingerprint density at radius 2 is 1.61 bits per heavy atom. The number of esters is 1. The molecular weight excluding hydrogens is 460 g/mol. The van der Waals surface area contributed by atoms with E-state index in [1.807, 2.05) is 31.2 Å². The van der Waals surface area contributed by atoms with Gasteiger partial charge in [-0.3, -0.25) is 4.79 Å². The van der Waals surface area contributed by atoms with E-state index >= 15 is 0 Å². The molecule has 8 heteroatoms. The summed E-state index contributed by atoms with van der Waals surface area (Å²) in [7, 11) is 1.55. The largest absolute Gasteiger partial charge is 0.497 e. The number of methoxy groups -OCH3 is 1. The van der Waals surface area contributed by atoms with Crippen molar-refractivity contribution in [2.75, 3.05) is 20.3 Å². The van der Waals surface area contributed by atoms with Crippen molar-refractivity contribution < 1.29 is 28.5 Å². The van der Waals surface area contributed by atoms with Crippen LogP contribution in [0.15, 0.2) is 71.8 Å². The Morgan fingerprint density at radius 3 is 2.25 bits per heavy atom. The maximum absolute atomic E-state index is 12.5. The molecule has 0 aliphatic carbocycles. The van der Waals surface area contributed by atoms with Crippen molar-refractivity contribution in [1.29, 1.82) is 0 Å². The van der Waals surface area contributed by atoms with Crippen LogP contribution in [-0.4, -0.2) is 38.4 Å². The SMILES string of the molecule is CCOc1cc(/C=N/NC(=O)COc2ccc(C(C)C)cc2)ccc1OC(=O)c1ccc(OC)cc1. The molecule has 0 aliphatic rings. The van der Waals surface area contributed by atoms with Gasteiger partial charge < -0.3 is 18.9 Å². The predicted octanol–water partition coefficient (Wildman–Crippen LogP) is 4.97. The first-order chi connectivity index (χ1) is 17.4. The quantitative estimate of drug-likeness (QED) is 0.177. The summed E-state index contributed by atoms with van der Waals surface area (Å²) in [6.45, 7) is 6.26. The highest BCUT2D eigenvalue weighted by Gasteiger charge is 2.13. The van der Waals surface area contributed by atoms with Gasteiger partial charge in [0, 0.05) is 0 Å². The van der Waals surface area contributed by atoms with Crippen LogP contribution in [0, 0.1) is 0 Å². The van der Waals surface area contributed by atoms with Gasteiger partial charge in [-0.2, -0.15) is 5.10 Å². The van der Waals surface area contributed by atoms with E-state index in [-0.39, 0.29) is 12.4 Å². The van der Waals surface area contributed by atoms with Crippen molar-refractivity contribution in [3.05, 3.63) is 83.4 Å². The van der Waals surface area contributed by atoms with Crippen molar-refractivity contribution in [2.24, 2.45) is 5.10 Å². The van der Waals surface area contributed by atoms with Gasteiger partial charge in [0.15, 0.2) is 18.1 Å². The van der Waals surface area contributed by atoms with E-state index in [9.17, 15) is 9.59 Å². The van der Waals surface area contributed by atoms with Crippen LogP contribution in [0.1, 0.15) is 48.2 Å². The van der Waals surface area contributed by atoms with Crippen molar-refractivity contribution >= 4 is 18.1 Å². The minimum absolute atomic E-state index is 0.164. The Balaban J connectivity index is 1.56. The molecule has 1 amide bonds. The van der Waals surface area contributed by atoms with Crippen LogP contribution in [0.4, 0.5) is 0 Å². The lowest BCUT2D eigenvalue weighted by Crippen LogP contribution is -2.24. The van der Waals surface area contributed by atoms with Gasteiger partial charge in [-0.05, 0) is 78.6 Å². The zero-order valence-electron chi connectivity index (χ0n) is 20.8. The normalized spacial score (nSPS) is 10.8. The minimum atomic E-state index is -0.522. The van der Waals surface area contributed by atoms with Gasteiger partial charge in [0.25, 0.3) is 5.91 Å². The molecule has 0 saturated carbocycles. The van der Waals surface area contributed by atoms with Gasteiger partial charge >= 0.3 is 5.97 Å². The maximum atomic E-state index is 12.5. The average molecular weight is 491 g/mol. The summed E-state index contributed by atoms with van der Waals surface area (Å²) in [6, 6.07) is 19.2. The minimum Gasteiger partial charge on any atom is -0.497 e. The summed E-state index contributed by atoms with van der Waals surface area (Å²) in [5, 5.41) is 3.97. The first-order valence-corrected chi connectivity index (χ1v) is 11.6. The van der Waals surface area contributed by atoms with Gasteiger partial charge in [0.2, 0.25) is 0 Å². The van der Waals surface area contributed by atoms with E-state index in [2.05, 4.69) is 24.4 Å². The van der Waals surface area contributed by atoms with Crippen molar-refractivity contribution in [1.82, 2.24) is 5.43 Å². The molecule has 0 bridgehead atoms. The van der Waals surface area contributed by atoms with E-state index in [4.69, 9.17) is 18.9 Å². The third kappa shape index (κ3) is 7.59. The lowest BCUT2D eigenvalue weighted by Gasteiger charge is -2.11. The molecule has 0 atom stereocenters. The Hall–Kier alpha value is -4.33. The number of rotatable bonds is 11. The number of hydrogen-bond donors (Lipinski definition) is 1. The number of benzene rings is 3. The monoisotopic (exact) mass is 490 g/mol. The Kier molecular flexibility index (Phi) is 9.45. The summed E-state index contributed by atoms with van der Waals surface area (Å²) in [5.41, 5.74) is 4.65. The van der Waals surface area contributed by atoms with Crippen molar-refractivity contribution in [2.45, 2.75) is 26.7 Å². The van der Waals surface area contributed by atoms with Crippen LogP contribution >= 0.6 is 0 Å². The second-order valence-electron chi connectivity index (χ2n) is 8.06. The summed E-state index contributed by atoms with van der Waals surface area (Å²) in [4.78, 5) is 24.6. The molecule has 1 N–H and O–H groups in total. The lowest BCUT2D eigenvalue weighted by atomic mass is 10.0. The van der Waals surface area contributed by atoms with E-state index < -0.39 is 11.9 Å². The van der Waals surface area contributed by atoms with E-state index in [1.54, 1.807) is 49.6 Å². The number of hydrazone groups is 1. The second kappa shape index (κ2) is 12.9. The highest BCUT2D eigenvalue weighted by molar-refractivity contribution is 5.92. The second-order valence-corrected chi connectivity index (χ2v) is 8.06. The number of carbonyl (C=O) groups excluding carboxylic acids is 2. The third-order valence-electron chi connectivity index (χ3n) is 5.12. The molecule has 0 fully saturated rings. The fourth-order valence-electron chi connectivity index (χ4n) is 3.15. The number of carbonyl (C=O) groups is 2. The maximum Gasteiger partial charge on any atom is 0.343 e. The molecule has 0 saturated heterocycles. The van der Waals surface area contributed by atoms with Crippen LogP contribution < -0.4 is 24.4 Å². The number of hydrogen-bond acceptors (Lipinski definition) is 7. The summed E-state index contributed by atoms with van der Waals surface area (Å²) in [6.07, 6.45) is 1.47. The van der Waals surface area contributed by atoms with E-state index in [0.717, 1.165) is 0 Å². The smallest absolute Gasteiger partial charge is 0.343 e. The average Bonchev–Trinajstić information content (AvgIpc) is 2.89. The Labute approximate surface area is 210 Å². The molecule has 0 spiro atoms. The highest BCUT2D eigenvalue weighted by Crippen LogP contribution is 2.29. The third-order valence-corrected chi connectivity index (χ3v) is 5.12. The fourth-order valence-corrected chi connectivity index (χ4v) is 3.15. The molecule has 0 aromatic heterocycles. The van der Waals surface area contributed by atoms with Crippen LogP contribution in [0.3, 0.4) is 0 Å². The molecule has 8 nitrogen and oxygen atoms in total. The van der Waals surface area contributed by atoms with Gasteiger partial charge in [0.1, 0.15) is 11.5 Å². The molecule has 36 heavy (non-hydrogen) atoms. The number of nitrogens with one attached hydrogen (secondary N) is 1. The summed E-state index contributed by atoms with van der Waals surface area (Å²) < 4.78 is 21.7.